The average molecular weight is 377 g/mol. The second-order valence-corrected chi connectivity index (χ2v) is 7.99. The Morgan fingerprint density at radius 2 is 2.26 bits per heavy atom. The van der Waals surface area contributed by atoms with Crippen LogP contribution in [0.4, 0.5) is 4.39 Å². The summed E-state index contributed by atoms with van der Waals surface area (Å²) in [7, 11) is 0. The van der Waals surface area contributed by atoms with Gasteiger partial charge >= 0.3 is 0 Å². The second-order valence-electron chi connectivity index (χ2n) is 7.99. The first-order valence-corrected chi connectivity index (χ1v) is 9.71. The lowest BCUT2D eigenvalue weighted by Gasteiger charge is -2.38. The molecule has 27 heavy (non-hydrogen) atoms. The van der Waals surface area contributed by atoms with E-state index in [0.717, 1.165) is 12.8 Å². The summed E-state index contributed by atoms with van der Waals surface area (Å²) < 4.78 is 14.3. The summed E-state index contributed by atoms with van der Waals surface area (Å²) in [5.41, 5.74) is 0.445. The molecule has 3 heterocycles. The summed E-state index contributed by atoms with van der Waals surface area (Å²) >= 11 is 0. The van der Waals surface area contributed by atoms with Crippen LogP contribution in [0, 0.1) is 17.2 Å². The molecule has 3 aliphatic rings. The zero-order valence-electron chi connectivity index (χ0n) is 15.8. The molecule has 8 heteroatoms. The van der Waals surface area contributed by atoms with Gasteiger partial charge in [0.1, 0.15) is 6.17 Å². The van der Waals surface area contributed by atoms with Crippen LogP contribution in [0.15, 0.2) is 11.6 Å². The predicted molar refractivity (Wildman–Crippen MR) is 98.3 cm³/mol. The number of hydrogen-bond donors (Lipinski definition) is 4. The van der Waals surface area contributed by atoms with E-state index in [2.05, 4.69) is 34.3 Å². The van der Waals surface area contributed by atoms with E-state index in [1.807, 2.05) is 6.08 Å². The Hall–Kier alpha value is -1.98. The second kappa shape index (κ2) is 8.36. The molecule has 3 aliphatic heterocycles. The Bertz CT molecular complexity index is 661. The van der Waals surface area contributed by atoms with Crippen molar-refractivity contribution in [2.45, 2.75) is 75.9 Å². The first-order valence-electron chi connectivity index (χ1n) is 9.71. The summed E-state index contributed by atoms with van der Waals surface area (Å²) in [4.78, 5) is 24.7. The lowest BCUT2D eigenvalue weighted by molar-refractivity contribution is -0.124. The molecule has 6 unspecified atom stereocenters. The van der Waals surface area contributed by atoms with E-state index in [1.54, 1.807) is 6.92 Å². The first kappa shape index (κ1) is 19.8. The van der Waals surface area contributed by atoms with E-state index in [0.29, 0.717) is 18.2 Å². The van der Waals surface area contributed by atoms with Gasteiger partial charge in [0.15, 0.2) is 0 Å². The largest absolute Gasteiger partial charge is 0.352 e. The van der Waals surface area contributed by atoms with Crippen LogP contribution in [0.5, 0.6) is 0 Å². The Kier molecular flexibility index (Phi) is 6.12. The van der Waals surface area contributed by atoms with Gasteiger partial charge in [-0.2, -0.15) is 5.26 Å². The molecule has 0 radical (unpaired) electrons. The van der Waals surface area contributed by atoms with Gasteiger partial charge in [-0.15, -0.1) is 0 Å². The summed E-state index contributed by atoms with van der Waals surface area (Å²) in [5.74, 6) is -0.845. The fourth-order valence-electron chi connectivity index (χ4n) is 4.22. The van der Waals surface area contributed by atoms with E-state index >= 15 is 0 Å². The highest BCUT2D eigenvalue weighted by atomic mass is 19.1. The third-order valence-electron chi connectivity index (χ3n) is 5.77. The molecular formula is C19H28FN5O2. The van der Waals surface area contributed by atoms with Gasteiger partial charge in [0.25, 0.3) is 0 Å². The van der Waals surface area contributed by atoms with Gasteiger partial charge in [0.2, 0.25) is 11.8 Å². The average Bonchev–Trinajstić information content (AvgIpc) is 2.62. The molecular weight excluding hydrogens is 349 g/mol. The SMILES string of the molecule is CC1CCC2NC(=O)C(CC(=O)N[C@H](C)C3NCC(C#N)CC3F)=CC2N1. The molecule has 0 aromatic heterocycles. The van der Waals surface area contributed by atoms with E-state index in [4.69, 9.17) is 5.26 Å². The normalized spacial score (nSPS) is 37.3. The van der Waals surface area contributed by atoms with Crippen molar-refractivity contribution in [3.05, 3.63) is 11.6 Å². The molecule has 0 aromatic rings. The minimum absolute atomic E-state index is 0.0278. The van der Waals surface area contributed by atoms with Crippen molar-refractivity contribution in [3.63, 3.8) is 0 Å². The maximum atomic E-state index is 14.3. The molecule has 0 spiro atoms. The Morgan fingerprint density at radius 1 is 1.48 bits per heavy atom. The standard InChI is InChI=1S/C19H28FN5O2/c1-10-3-4-15-16(23-10)6-13(19(27)25-15)7-17(26)24-11(2)18-14(20)5-12(8-21)9-22-18/h6,10-12,14-16,18,22-23H,3-5,7,9H2,1-2H3,(H,24,26)(H,25,27)/t10?,11-,12?,14?,15?,16?,18?/m1/s1. The van der Waals surface area contributed by atoms with Crippen LogP contribution in [0.1, 0.15) is 39.5 Å². The van der Waals surface area contributed by atoms with Gasteiger partial charge in [-0.25, -0.2) is 4.39 Å². The van der Waals surface area contributed by atoms with Gasteiger partial charge in [-0.05, 0) is 33.1 Å². The number of piperidine rings is 2. The Balaban J connectivity index is 1.55. The highest BCUT2D eigenvalue weighted by Gasteiger charge is 2.36. The van der Waals surface area contributed by atoms with E-state index in [-0.39, 0.29) is 42.7 Å². The van der Waals surface area contributed by atoms with Crippen molar-refractivity contribution in [2.75, 3.05) is 6.54 Å². The van der Waals surface area contributed by atoms with E-state index in [9.17, 15) is 14.0 Å². The van der Waals surface area contributed by atoms with Crippen molar-refractivity contribution in [2.24, 2.45) is 5.92 Å². The molecule has 2 saturated heterocycles. The van der Waals surface area contributed by atoms with Crippen LogP contribution >= 0.6 is 0 Å². The van der Waals surface area contributed by atoms with Crippen LogP contribution in [0.2, 0.25) is 0 Å². The predicted octanol–water partition coefficient (Wildman–Crippen LogP) is 0.286. The quantitative estimate of drug-likeness (QED) is 0.563. The number of amides is 2. The maximum absolute atomic E-state index is 14.3. The third-order valence-corrected chi connectivity index (χ3v) is 5.77. The van der Waals surface area contributed by atoms with Gasteiger partial charge < -0.3 is 21.3 Å². The number of nitrogens with one attached hydrogen (secondary N) is 4. The van der Waals surface area contributed by atoms with Crippen molar-refractivity contribution in [3.8, 4) is 6.07 Å². The van der Waals surface area contributed by atoms with E-state index in [1.165, 1.54) is 0 Å². The first-order chi connectivity index (χ1) is 12.9. The fourth-order valence-corrected chi connectivity index (χ4v) is 4.22. The van der Waals surface area contributed by atoms with Crippen LogP contribution in [0.3, 0.4) is 0 Å². The summed E-state index contributed by atoms with van der Waals surface area (Å²) in [6, 6.07) is 1.61. The minimum atomic E-state index is -1.19. The molecule has 2 amide bonds. The van der Waals surface area contributed by atoms with Gasteiger partial charge in [0, 0.05) is 36.3 Å². The number of carbonyl (C=O) groups is 2. The number of fused-ring (bicyclic) bond motifs is 1. The molecule has 7 atom stereocenters. The van der Waals surface area contributed by atoms with Crippen LogP contribution in [0.25, 0.3) is 0 Å². The zero-order valence-corrected chi connectivity index (χ0v) is 15.8. The molecule has 7 nitrogen and oxygen atoms in total. The number of halogens is 1. The van der Waals surface area contributed by atoms with Crippen molar-refractivity contribution >= 4 is 11.8 Å². The van der Waals surface area contributed by atoms with Crippen LogP contribution in [-0.4, -0.2) is 54.7 Å². The Labute approximate surface area is 159 Å². The molecule has 0 bridgehead atoms. The highest BCUT2D eigenvalue weighted by Crippen LogP contribution is 2.22. The summed E-state index contributed by atoms with van der Waals surface area (Å²) in [6.07, 6.45) is 2.75. The third kappa shape index (κ3) is 4.66. The number of nitrogens with zero attached hydrogens (tertiary/aromatic N) is 1. The highest BCUT2D eigenvalue weighted by molar-refractivity contribution is 5.99. The number of alkyl halides is 1. The molecule has 2 fully saturated rings. The molecule has 0 aromatic carbocycles. The van der Waals surface area contributed by atoms with E-state index < -0.39 is 18.3 Å². The van der Waals surface area contributed by atoms with Gasteiger partial charge in [-0.1, -0.05) is 6.08 Å². The monoisotopic (exact) mass is 377 g/mol. The maximum Gasteiger partial charge on any atom is 0.247 e. The lowest BCUT2D eigenvalue weighted by atomic mass is 9.88. The van der Waals surface area contributed by atoms with Crippen LogP contribution < -0.4 is 21.3 Å². The lowest BCUT2D eigenvalue weighted by Crippen LogP contribution is -2.59. The zero-order chi connectivity index (χ0) is 19.6. The van der Waals surface area contributed by atoms with Gasteiger partial charge in [-0.3, -0.25) is 9.59 Å². The van der Waals surface area contributed by atoms with Crippen molar-refractivity contribution in [1.82, 2.24) is 21.3 Å². The molecule has 3 rings (SSSR count). The smallest absolute Gasteiger partial charge is 0.247 e. The Morgan fingerprint density at radius 3 is 2.96 bits per heavy atom. The molecule has 0 aliphatic carbocycles. The number of nitriles is 1. The fraction of sp³-hybridized carbons (Fsp3) is 0.737. The minimum Gasteiger partial charge on any atom is -0.352 e. The number of carbonyl (C=O) groups excluding carboxylic acids is 2. The van der Waals surface area contributed by atoms with Crippen molar-refractivity contribution in [1.29, 1.82) is 5.26 Å². The topological polar surface area (TPSA) is 106 Å². The summed E-state index contributed by atoms with van der Waals surface area (Å²) in [5, 5.41) is 21.1. The molecule has 4 N–H and O–H groups in total. The van der Waals surface area contributed by atoms with Crippen molar-refractivity contribution < 1.29 is 14.0 Å². The number of hydrogen-bond acceptors (Lipinski definition) is 5. The number of rotatable bonds is 4. The molecule has 0 saturated carbocycles. The summed E-state index contributed by atoms with van der Waals surface area (Å²) in [6.45, 7) is 4.27. The molecule has 148 valence electrons. The van der Waals surface area contributed by atoms with Gasteiger partial charge in [0.05, 0.1) is 24.4 Å². The van der Waals surface area contributed by atoms with Crippen LogP contribution in [-0.2, 0) is 9.59 Å².